The summed E-state index contributed by atoms with van der Waals surface area (Å²) in [7, 11) is 0. The summed E-state index contributed by atoms with van der Waals surface area (Å²) in [4.78, 5) is 29.4. The molecule has 0 atom stereocenters. The largest absolute Gasteiger partial charge is 0.480 e. The molecule has 0 unspecified atom stereocenters. The molecule has 6 nitrogen and oxygen atoms in total. The fourth-order valence-corrected chi connectivity index (χ4v) is 3.04. The molecule has 0 saturated heterocycles. The Kier molecular flexibility index (Phi) is 4.38. The van der Waals surface area contributed by atoms with Crippen LogP contribution >= 0.6 is 0 Å². The molecule has 0 spiro atoms. The van der Waals surface area contributed by atoms with Gasteiger partial charge in [0.05, 0.1) is 0 Å². The summed E-state index contributed by atoms with van der Waals surface area (Å²) in [6, 6.07) is 6.50. The van der Waals surface area contributed by atoms with Crippen LogP contribution in [0, 0.1) is 0 Å². The smallest absolute Gasteiger partial charge is 0.323 e. The molecule has 0 aliphatic carbocycles. The number of carboxylic acids is 1. The SMILES string of the molecule is CC(C)c1ccc2c(c1)CCN(c1nccn(CC(=O)O)c1=O)C2. The van der Waals surface area contributed by atoms with E-state index in [0.717, 1.165) is 6.42 Å². The molecule has 2 aromatic rings. The number of nitrogens with zero attached hydrogens (tertiary/aromatic N) is 3. The molecule has 0 radical (unpaired) electrons. The van der Waals surface area contributed by atoms with Crippen molar-refractivity contribution in [2.24, 2.45) is 0 Å². The molecule has 2 heterocycles. The highest BCUT2D eigenvalue weighted by molar-refractivity contribution is 5.66. The van der Waals surface area contributed by atoms with Crippen LogP contribution in [-0.4, -0.2) is 27.2 Å². The van der Waals surface area contributed by atoms with Crippen molar-refractivity contribution in [3.05, 3.63) is 57.6 Å². The van der Waals surface area contributed by atoms with Crippen molar-refractivity contribution in [2.45, 2.75) is 39.3 Å². The molecule has 0 saturated carbocycles. The van der Waals surface area contributed by atoms with E-state index < -0.39 is 5.97 Å². The maximum Gasteiger partial charge on any atom is 0.323 e. The van der Waals surface area contributed by atoms with Gasteiger partial charge in [0.15, 0.2) is 5.82 Å². The summed E-state index contributed by atoms with van der Waals surface area (Å²) in [6.45, 7) is 5.32. The van der Waals surface area contributed by atoms with Gasteiger partial charge in [-0.2, -0.15) is 0 Å². The first-order chi connectivity index (χ1) is 11.5. The van der Waals surface area contributed by atoms with E-state index in [0.29, 0.717) is 24.8 Å². The Hall–Kier alpha value is -2.63. The van der Waals surface area contributed by atoms with Gasteiger partial charge in [-0.15, -0.1) is 0 Å². The lowest BCUT2D eigenvalue weighted by molar-refractivity contribution is -0.137. The number of anilines is 1. The molecule has 6 heteroatoms. The molecule has 0 bridgehead atoms. The zero-order valence-electron chi connectivity index (χ0n) is 13.9. The van der Waals surface area contributed by atoms with E-state index in [1.54, 1.807) is 0 Å². The van der Waals surface area contributed by atoms with Crippen LogP contribution in [0.3, 0.4) is 0 Å². The highest BCUT2D eigenvalue weighted by atomic mass is 16.4. The third-order valence-corrected chi connectivity index (χ3v) is 4.41. The van der Waals surface area contributed by atoms with E-state index in [4.69, 9.17) is 5.11 Å². The van der Waals surface area contributed by atoms with Gasteiger partial charge in [-0.1, -0.05) is 32.0 Å². The summed E-state index contributed by atoms with van der Waals surface area (Å²) in [5, 5.41) is 8.90. The third kappa shape index (κ3) is 3.18. The van der Waals surface area contributed by atoms with Crippen LogP contribution in [-0.2, 0) is 24.3 Å². The van der Waals surface area contributed by atoms with Crippen LogP contribution in [0.1, 0.15) is 36.5 Å². The van der Waals surface area contributed by atoms with Crippen LogP contribution in [0.2, 0.25) is 0 Å². The lowest BCUT2D eigenvalue weighted by Gasteiger charge is -2.30. The highest BCUT2D eigenvalue weighted by Crippen LogP contribution is 2.25. The molecular formula is C18H21N3O3. The van der Waals surface area contributed by atoms with E-state index >= 15 is 0 Å². The van der Waals surface area contributed by atoms with E-state index in [2.05, 4.69) is 37.0 Å². The maximum atomic E-state index is 12.5. The number of rotatable bonds is 4. The number of carbonyl (C=O) groups is 1. The van der Waals surface area contributed by atoms with Gasteiger partial charge in [0.2, 0.25) is 0 Å². The normalized spacial score (nSPS) is 13.9. The summed E-state index contributed by atoms with van der Waals surface area (Å²) >= 11 is 0. The van der Waals surface area contributed by atoms with Crippen molar-refractivity contribution in [3.8, 4) is 0 Å². The first kappa shape index (κ1) is 16.2. The monoisotopic (exact) mass is 327 g/mol. The number of hydrogen-bond donors (Lipinski definition) is 1. The van der Waals surface area contributed by atoms with Crippen LogP contribution in [0.25, 0.3) is 0 Å². The zero-order valence-corrected chi connectivity index (χ0v) is 13.9. The van der Waals surface area contributed by atoms with Crippen LogP contribution in [0.5, 0.6) is 0 Å². The Balaban J connectivity index is 1.88. The van der Waals surface area contributed by atoms with E-state index in [9.17, 15) is 9.59 Å². The molecule has 1 aliphatic heterocycles. The van der Waals surface area contributed by atoms with Gasteiger partial charge in [-0.3, -0.25) is 14.2 Å². The Morgan fingerprint density at radius 1 is 1.33 bits per heavy atom. The highest BCUT2D eigenvalue weighted by Gasteiger charge is 2.21. The summed E-state index contributed by atoms with van der Waals surface area (Å²) in [5.74, 6) is -0.232. The number of benzene rings is 1. The number of hydrogen-bond acceptors (Lipinski definition) is 4. The van der Waals surface area contributed by atoms with Gasteiger partial charge >= 0.3 is 5.97 Å². The van der Waals surface area contributed by atoms with E-state index in [-0.39, 0.29) is 12.1 Å². The topological polar surface area (TPSA) is 75.4 Å². The second kappa shape index (κ2) is 6.47. The first-order valence-corrected chi connectivity index (χ1v) is 8.09. The molecule has 3 rings (SSSR count). The van der Waals surface area contributed by atoms with Crippen molar-refractivity contribution in [3.63, 3.8) is 0 Å². The van der Waals surface area contributed by atoms with Crippen LogP contribution in [0.4, 0.5) is 5.82 Å². The molecule has 1 aliphatic rings. The van der Waals surface area contributed by atoms with Crippen LogP contribution < -0.4 is 10.5 Å². The molecule has 1 aromatic carbocycles. The fraction of sp³-hybridized carbons (Fsp3) is 0.389. The number of aromatic nitrogens is 2. The van der Waals surface area contributed by atoms with Gasteiger partial charge in [-0.05, 0) is 29.0 Å². The zero-order chi connectivity index (χ0) is 17.3. The van der Waals surface area contributed by atoms with Crippen molar-refractivity contribution in [2.75, 3.05) is 11.4 Å². The van der Waals surface area contributed by atoms with Gasteiger partial charge in [0, 0.05) is 25.5 Å². The second-order valence-corrected chi connectivity index (χ2v) is 6.43. The summed E-state index contributed by atoms with van der Waals surface area (Å²) in [5.41, 5.74) is 3.48. The lowest BCUT2D eigenvalue weighted by atomic mass is 9.93. The minimum Gasteiger partial charge on any atom is -0.480 e. The Bertz CT molecular complexity index is 826. The molecule has 24 heavy (non-hydrogen) atoms. The molecule has 0 fully saturated rings. The Morgan fingerprint density at radius 3 is 2.83 bits per heavy atom. The average molecular weight is 327 g/mol. The number of fused-ring (bicyclic) bond motifs is 1. The quantitative estimate of drug-likeness (QED) is 0.930. The minimum absolute atomic E-state index is 0.317. The fourth-order valence-electron chi connectivity index (χ4n) is 3.04. The molecule has 126 valence electrons. The predicted molar refractivity (Wildman–Crippen MR) is 91.4 cm³/mol. The van der Waals surface area contributed by atoms with Crippen molar-refractivity contribution >= 4 is 11.8 Å². The number of carboxylic acid groups (broad SMARTS) is 1. The minimum atomic E-state index is -1.04. The molecular weight excluding hydrogens is 306 g/mol. The standard InChI is InChI=1S/C18H21N3O3/c1-12(2)13-3-4-15-10-20(7-5-14(15)9-13)17-18(24)21(8-6-19-17)11-16(22)23/h3-4,6,8-9,12H,5,7,10-11H2,1-2H3,(H,22,23). The molecule has 1 aromatic heterocycles. The van der Waals surface area contributed by atoms with Gasteiger partial charge < -0.3 is 10.0 Å². The van der Waals surface area contributed by atoms with Crippen molar-refractivity contribution in [1.82, 2.24) is 9.55 Å². The number of aliphatic carboxylic acids is 1. The maximum absolute atomic E-state index is 12.5. The summed E-state index contributed by atoms with van der Waals surface area (Å²) < 4.78 is 1.18. The van der Waals surface area contributed by atoms with Crippen molar-refractivity contribution in [1.29, 1.82) is 0 Å². The lowest BCUT2D eigenvalue weighted by Crippen LogP contribution is -2.37. The average Bonchev–Trinajstić information content (AvgIpc) is 2.55. The predicted octanol–water partition coefficient (Wildman–Crippen LogP) is 2.01. The molecule has 0 amide bonds. The van der Waals surface area contributed by atoms with Gasteiger partial charge in [0.25, 0.3) is 5.56 Å². The van der Waals surface area contributed by atoms with Crippen LogP contribution in [0.15, 0.2) is 35.4 Å². The van der Waals surface area contributed by atoms with Gasteiger partial charge in [0.1, 0.15) is 6.54 Å². The molecule has 1 N–H and O–H groups in total. The third-order valence-electron chi connectivity index (χ3n) is 4.41. The van der Waals surface area contributed by atoms with E-state index in [1.807, 2.05) is 4.90 Å². The Labute approximate surface area is 140 Å². The first-order valence-electron chi connectivity index (χ1n) is 8.09. The second-order valence-electron chi connectivity index (χ2n) is 6.43. The van der Waals surface area contributed by atoms with Crippen molar-refractivity contribution < 1.29 is 9.90 Å². The Morgan fingerprint density at radius 2 is 2.12 bits per heavy atom. The van der Waals surface area contributed by atoms with E-state index in [1.165, 1.54) is 33.7 Å². The summed E-state index contributed by atoms with van der Waals surface area (Å²) in [6.07, 6.45) is 3.74. The van der Waals surface area contributed by atoms with Gasteiger partial charge in [-0.25, -0.2) is 4.98 Å².